The van der Waals surface area contributed by atoms with E-state index in [4.69, 9.17) is 0 Å². The van der Waals surface area contributed by atoms with Gasteiger partial charge < -0.3 is 0 Å². The van der Waals surface area contributed by atoms with Gasteiger partial charge in [0.25, 0.3) is 0 Å². The van der Waals surface area contributed by atoms with E-state index in [1.807, 2.05) is 0 Å². The second-order valence-electron chi connectivity index (χ2n) is 4.45. The summed E-state index contributed by atoms with van der Waals surface area (Å²) >= 11 is 0. The molecule has 1 saturated carbocycles. The summed E-state index contributed by atoms with van der Waals surface area (Å²) in [5.74, 6) is -1.37. The second kappa shape index (κ2) is 5.27. The number of alkyl halides is 2. The standard InChI is InChI=1S/C11H14F2N2O2S/c12-11(13)10-5-9(10)7-18(16,17)15-6-8-1-3-14-4-2-8/h1-4,9-11,15H,5-7H2/t9-,10+/m0/s1. The van der Waals surface area contributed by atoms with Crippen LogP contribution in [0.15, 0.2) is 24.5 Å². The molecule has 1 aliphatic carbocycles. The van der Waals surface area contributed by atoms with Gasteiger partial charge in [-0.2, -0.15) is 0 Å². The van der Waals surface area contributed by atoms with Gasteiger partial charge in [-0.25, -0.2) is 21.9 Å². The zero-order valence-corrected chi connectivity index (χ0v) is 10.4. The molecule has 18 heavy (non-hydrogen) atoms. The third-order valence-electron chi connectivity index (χ3n) is 2.98. The first-order valence-electron chi connectivity index (χ1n) is 5.62. The van der Waals surface area contributed by atoms with Crippen molar-refractivity contribution >= 4 is 10.0 Å². The lowest BCUT2D eigenvalue weighted by molar-refractivity contribution is 0.117. The van der Waals surface area contributed by atoms with E-state index in [1.165, 1.54) is 0 Å². The third kappa shape index (κ3) is 3.71. The molecular weight excluding hydrogens is 262 g/mol. The zero-order valence-electron chi connectivity index (χ0n) is 9.59. The van der Waals surface area contributed by atoms with Crippen molar-refractivity contribution in [3.05, 3.63) is 30.1 Å². The average Bonchev–Trinajstić information content (AvgIpc) is 3.07. The molecule has 1 aliphatic rings. The van der Waals surface area contributed by atoms with Gasteiger partial charge in [0.2, 0.25) is 16.4 Å². The Morgan fingerprint density at radius 3 is 2.61 bits per heavy atom. The van der Waals surface area contributed by atoms with E-state index >= 15 is 0 Å². The van der Waals surface area contributed by atoms with Crippen LogP contribution in [0.25, 0.3) is 0 Å². The van der Waals surface area contributed by atoms with E-state index in [-0.39, 0.29) is 12.3 Å². The first kappa shape index (κ1) is 13.4. The number of sulfonamides is 1. The van der Waals surface area contributed by atoms with Crippen molar-refractivity contribution in [1.82, 2.24) is 9.71 Å². The Labute approximate surface area is 104 Å². The molecular formula is C11H14F2N2O2S. The van der Waals surface area contributed by atoms with Gasteiger partial charge in [0.05, 0.1) is 5.75 Å². The van der Waals surface area contributed by atoms with E-state index in [0.29, 0.717) is 6.42 Å². The van der Waals surface area contributed by atoms with Crippen molar-refractivity contribution in [2.24, 2.45) is 11.8 Å². The van der Waals surface area contributed by atoms with Gasteiger partial charge in [0.15, 0.2) is 0 Å². The third-order valence-corrected chi connectivity index (χ3v) is 4.43. The number of halogens is 2. The van der Waals surface area contributed by atoms with Gasteiger partial charge in [0.1, 0.15) is 0 Å². The molecule has 2 rings (SSSR count). The molecule has 0 aliphatic heterocycles. The minimum Gasteiger partial charge on any atom is -0.265 e. The van der Waals surface area contributed by atoms with E-state index < -0.39 is 28.3 Å². The molecule has 0 bridgehead atoms. The van der Waals surface area contributed by atoms with Gasteiger partial charge in [-0.15, -0.1) is 0 Å². The molecule has 0 unspecified atom stereocenters. The number of pyridine rings is 1. The molecule has 100 valence electrons. The largest absolute Gasteiger partial charge is 0.265 e. The number of aromatic nitrogens is 1. The highest BCUT2D eigenvalue weighted by Crippen LogP contribution is 2.43. The van der Waals surface area contributed by atoms with E-state index in [9.17, 15) is 17.2 Å². The smallest absolute Gasteiger partial charge is 0.241 e. The molecule has 0 spiro atoms. The lowest BCUT2D eigenvalue weighted by Crippen LogP contribution is -2.27. The van der Waals surface area contributed by atoms with Crippen LogP contribution in [0.4, 0.5) is 8.78 Å². The SMILES string of the molecule is O=S(=O)(C[C@@H]1C[C@H]1C(F)F)NCc1ccncc1. The minimum atomic E-state index is -3.49. The molecule has 0 amide bonds. The van der Waals surface area contributed by atoms with Crippen LogP contribution >= 0.6 is 0 Å². The predicted octanol–water partition coefficient (Wildman–Crippen LogP) is 1.40. The summed E-state index contributed by atoms with van der Waals surface area (Å²) in [5, 5.41) is 0. The molecule has 4 nitrogen and oxygen atoms in total. The monoisotopic (exact) mass is 276 g/mol. The van der Waals surface area contributed by atoms with Crippen molar-refractivity contribution in [2.45, 2.75) is 19.4 Å². The normalized spacial score (nSPS) is 23.3. The van der Waals surface area contributed by atoms with Gasteiger partial charge >= 0.3 is 0 Å². The molecule has 0 aromatic carbocycles. The lowest BCUT2D eigenvalue weighted by Gasteiger charge is -2.06. The van der Waals surface area contributed by atoms with Gasteiger partial charge in [-0.05, 0) is 30.0 Å². The molecule has 0 saturated heterocycles. The van der Waals surface area contributed by atoms with Crippen molar-refractivity contribution in [1.29, 1.82) is 0 Å². The maximum absolute atomic E-state index is 12.3. The molecule has 1 N–H and O–H groups in total. The Morgan fingerprint density at radius 1 is 1.39 bits per heavy atom. The van der Waals surface area contributed by atoms with Crippen LogP contribution in [-0.2, 0) is 16.6 Å². The van der Waals surface area contributed by atoms with Crippen LogP contribution in [0.3, 0.4) is 0 Å². The zero-order chi connectivity index (χ0) is 13.2. The Bertz CT molecular complexity index is 493. The summed E-state index contributed by atoms with van der Waals surface area (Å²) in [6.45, 7) is 0.164. The second-order valence-corrected chi connectivity index (χ2v) is 6.30. The van der Waals surface area contributed by atoms with E-state index in [2.05, 4.69) is 9.71 Å². The van der Waals surface area contributed by atoms with Gasteiger partial charge in [-0.3, -0.25) is 4.98 Å². The molecule has 1 heterocycles. The first-order chi connectivity index (χ1) is 8.48. The van der Waals surface area contributed by atoms with Crippen LogP contribution in [0.2, 0.25) is 0 Å². The van der Waals surface area contributed by atoms with Gasteiger partial charge in [0, 0.05) is 24.9 Å². The van der Waals surface area contributed by atoms with Gasteiger partial charge in [-0.1, -0.05) is 0 Å². The molecule has 0 radical (unpaired) electrons. The van der Waals surface area contributed by atoms with Crippen molar-refractivity contribution in [3.8, 4) is 0 Å². The maximum atomic E-state index is 12.3. The molecule has 1 aromatic rings. The fourth-order valence-electron chi connectivity index (χ4n) is 1.81. The number of rotatable bonds is 6. The van der Waals surface area contributed by atoms with Crippen LogP contribution in [0.1, 0.15) is 12.0 Å². The minimum absolute atomic E-state index is 0.164. The fourth-order valence-corrected chi connectivity index (χ4v) is 3.26. The molecule has 7 heteroatoms. The highest BCUT2D eigenvalue weighted by molar-refractivity contribution is 7.89. The van der Waals surface area contributed by atoms with E-state index in [0.717, 1.165) is 5.56 Å². The summed E-state index contributed by atoms with van der Waals surface area (Å²) in [6.07, 6.45) is 1.02. The maximum Gasteiger partial charge on any atom is 0.241 e. The highest BCUT2D eigenvalue weighted by atomic mass is 32.2. The number of hydrogen-bond acceptors (Lipinski definition) is 3. The topological polar surface area (TPSA) is 59.1 Å². The predicted molar refractivity (Wildman–Crippen MR) is 62.5 cm³/mol. The van der Waals surface area contributed by atoms with E-state index in [1.54, 1.807) is 24.5 Å². The van der Waals surface area contributed by atoms with Crippen LogP contribution in [0, 0.1) is 11.8 Å². The summed E-state index contributed by atoms with van der Waals surface area (Å²) in [7, 11) is -3.49. The number of nitrogens with zero attached hydrogens (tertiary/aromatic N) is 1. The van der Waals surface area contributed by atoms with Crippen LogP contribution < -0.4 is 4.72 Å². The Hall–Kier alpha value is -1.08. The average molecular weight is 276 g/mol. The highest BCUT2D eigenvalue weighted by Gasteiger charge is 2.46. The van der Waals surface area contributed by atoms with Crippen molar-refractivity contribution in [3.63, 3.8) is 0 Å². The van der Waals surface area contributed by atoms with Crippen molar-refractivity contribution < 1.29 is 17.2 Å². The molecule has 1 aromatic heterocycles. The number of hydrogen-bond donors (Lipinski definition) is 1. The molecule has 1 fully saturated rings. The Balaban J connectivity index is 1.82. The fraction of sp³-hybridized carbons (Fsp3) is 0.545. The van der Waals surface area contributed by atoms with Crippen molar-refractivity contribution in [2.75, 3.05) is 5.75 Å². The lowest BCUT2D eigenvalue weighted by atomic mass is 10.3. The Kier molecular flexibility index (Phi) is 3.91. The quantitative estimate of drug-likeness (QED) is 0.854. The van der Waals surface area contributed by atoms with Crippen LogP contribution in [-0.4, -0.2) is 25.6 Å². The molecule has 2 atom stereocenters. The number of nitrogens with one attached hydrogen (secondary N) is 1. The summed E-state index contributed by atoms with van der Waals surface area (Å²) in [6, 6.07) is 3.39. The summed E-state index contributed by atoms with van der Waals surface area (Å²) in [5.41, 5.74) is 0.787. The Morgan fingerprint density at radius 2 is 2.06 bits per heavy atom. The van der Waals surface area contributed by atoms with Crippen LogP contribution in [0.5, 0.6) is 0 Å². The summed E-state index contributed by atoms with van der Waals surface area (Å²) < 4.78 is 50.3. The first-order valence-corrected chi connectivity index (χ1v) is 7.27. The summed E-state index contributed by atoms with van der Waals surface area (Å²) in [4.78, 5) is 3.82.